The predicted octanol–water partition coefficient (Wildman–Crippen LogP) is 1.88. The highest BCUT2D eigenvalue weighted by atomic mass is 14.9. The number of rotatable bonds is 1. The molecular formula is C9H7N2. The fraction of sp³-hybridized carbons (Fsp3) is 0. The fourth-order valence-electron chi connectivity index (χ4n) is 0.986. The molecule has 0 spiro atoms. The first-order chi connectivity index (χ1) is 5.47. The quantitative estimate of drug-likeness (QED) is 0.648. The zero-order valence-corrected chi connectivity index (χ0v) is 5.91. The van der Waals surface area contributed by atoms with Crippen molar-refractivity contribution >= 4 is 0 Å². The third-order valence-electron chi connectivity index (χ3n) is 1.53. The highest BCUT2D eigenvalue weighted by Gasteiger charge is 1.94. The van der Waals surface area contributed by atoms with E-state index in [-0.39, 0.29) is 0 Å². The molecule has 0 atom stereocenters. The maximum absolute atomic E-state index is 3.82. The van der Waals surface area contributed by atoms with Crippen LogP contribution < -0.4 is 0 Å². The number of aromatic nitrogens is 2. The minimum absolute atomic E-state index is 1.01. The van der Waals surface area contributed by atoms with E-state index >= 15 is 0 Å². The van der Waals surface area contributed by atoms with Crippen LogP contribution in [0.25, 0.3) is 11.3 Å². The maximum atomic E-state index is 3.82. The molecule has 1 aromatic heterocycles. The Balaban J connectivity index is 2.46. The molecule has 1 heterocycles. The van der Waals surface area contributed by atoms with Crippen LogP contribution in [-0.4, -0.2) is 9.97 Å². The lowest BCUT2D eigenvalue weighted by atomic mass is 10.2. The summed E-state index contributed by atoms with van der Waals surface area (Å²) >= 11 is 0. The van der Waals surface area contributed by atoms with Crippen LogP contribution in [0.15, 0.2) is 36.5 Å². The van der Waals surface area contributed by atoms with E-state index in [1.54, 1.807) is 6.20 Å². The van der Waals surface area contributed by atoms with Crippen LogP contribution in [0.1, 0.15) is 0 Å². The van der Waals surface area contributed by atoms with Crippen LogP contribution in [0.2, 0.25) is 0 Å². The molecule has 0 fully saturated rings. The molecule has 2 aromatic rings. The average Bonchev–Trinajstić information content (AvgIpc) is 2.58. The van der Waals surface area contributed by atoms with E-state index in [0.717, 1.165) is 11.3 Å². The minimum atomic E-state index is 1.01. The third kappa shape index (κ3) is 1.15. The van der Waals surface area contributed by atoms with Crippen LogP contribution in [0.3, 0.4) is 0 Å². The molecule has 1 radical (unpaired) electrons. The van der Waals surface area contributed by atoms with Crippen molar-refractivity contribution in [2.75, 3.05) is 0 Å². The molecular weight excluding hydrogens is 136 g/mol. The van der Waals surface area contributed by atoms with Crippen LogP contribution >= 0.6 is 0 Å². The molecule has 1 N–H and O–H groups in total. The number of imidazole rings is 1. The van der Waals surface area contributed by atoms with Gasteiger partial charge in [0, 0.05) is 0 Å². The van der Waals surface area contributed by atoms with Crippen molar-refractivity contribution < 1.29 is 0 Å². The molecule has 0 aliphatic carbocycles. The molecule has 2 heteroatoms. The zero-order valence-electron chi connectivity index (χ0n) is 5.91. The van der Waals surface area contributed by atoms with Gasteiger partial charge in [0.15, 0.2) is 6.33 Å². The molecule has 0 saturated heterocycles. The van der Waals surface area contributed by atoms with Gasteiger partial charge in [-0.25, -0.2) is 4.98 Å². The first-order valence-electron chi connectivity index (χ1n) is 3.43. The Hall–Kier alpha value is -1.57. The normalized spacial score (nSPS) is 9.82. The van der Waals surface area contributed by atoms with Gasteiger partial charge in [0.1, 0.15) is 0 Å². The fourth-order valence-corrected chi connectivity index (χ4v) is 0.986. The van der Waals surface area contributed by atoms with Crippen molar-refractivity contribution in [3.63, 3.8) is 0 Å². The SMILES string of the molecule is [c]1ncc(-c2ccccc2)[nH]1. The number of benzene rings is 1. The first kappa shape index (κ1) is 6.16. The second kappa shape index (κ2) is 2.58. The van der Waals surface area contributed by atoms with Crippen LogP contribution in [0.5, 0.6) is 0 Å². The Morgan fingerprint density at radius 1 is 1.18 bits per heavy atom. The largest absolute Gasteiger partial charge is 0.335 e. The summed E-state index contributed by atoms with van der Waals surface area (Å²) < 4.78 is 0. The van der Waals surface area contributed by atoms with Crippen molar-refractivity contribution in [3.8, 4) is 11.3 Å². The van der Waals surface area contributed by atoms with Gasteiger partial charge in [0.05, 0.1) is 11.9 Å². The molecule has 0 unspecified atom stereocenters. The highest BCUT2D eigenvalue weighted by Crippen LogP contribution is 2.13. The van der Waals surface area contributed by atoms with E-state index in [1.165, 1.54) is 0 Å². The van der Waals surface area contributed by atoms with Crippen LogP contribution in [0.4, 0.5) is 0 Å². The number of nitrogens with one attached hydrogen (secondary N) is 1. The lowest BCUT2D eigenvalue weighted by Gasteiger charge is -1.93. The summed E-state index contributed by atoms with van der Waals surface area (Å²) in [6.07, 6.45) is 4.41. The topological polar surface area (TPSA) is 28.7 Å². The van der Waals surface area contributed by atoms with E-state index in [2.05, 4.69) is 16.3 Å². The predicted molar refractivity (Wildman–Crippen MR) is 42.9 cm³/mol. The van der Waals surface area contributed by atoms with Crippen molar-refractivity contribution in [3.05, 3.63) is 42.9 Å². The molecule has 0 saturated carbocycles. The zero-order chi connectivity index (χ0) is 7.52. The maximum Gasteiger partial charge on any atom is 0.174 e. The van der Waals surface area contributed by atoms with Gasteiger partial charge in [-0.1, -0.05) is 30.3 Å². The van der Waals surface area contributed by atoms with Crippen LogP contribution in [0, 0.1) is 6.33 Å². The Bertz CT molecular complexity index is 311. The average molecular weight is 143 g/mol. The van der Waals surface area contributed by atoms with Crippen molar-refractivity contribution in [1.29, 1.82) is 0 Å². The minimum Gasteiger partial charge on any atom is -0.335 e. The molecule has 1 aromatic carbocycles. The molecule has 0 bridgehead atoms. The standard InChI is InChI=1S/C9H7N2/c1-2-4-8(5-3-1)9-6-10-7-11-9/h1-6H,(H,10,11). The Morgan fingerprint density at radius 2 is 2.00 bits per heavy atom. The molecule has 0 amide bonds. The Labute approximate surface area is 64.9 Å². The molecule has 2 nitrogen and oxygen atoms in total. The second-order valence-corrected chi connectivity index (χ2v) is 2.27. The second-order valence-electron chi connectivity index (χ2n) is 2.27. The third-order valence-corrected chi connectivity index (χ3v) is 1.53. The lowest BCUT2D eigenvalue weighted by molar-refractivity contribution is 1.29. The van der Waals surface area contributed by atoms with E-state index in [1.807, 2.05) is 30.3 Å². The number of hydrogen-bond donors (Lipinski definition) is 1. The molecule has 2 rings (SSSR count). The number of aromatic amines is 1. The number of hydrogen-bond acceptors (Lipinski definition) is 1. The van der Waals surface area contributed by atoms with Gasteiger partial charge in [-0.3, -0.25) is 0 Å². The van der Waals surface area contributed by atoms with Gasteiger partial charge < -0.3 is 4.98 Å². The summed E-state index contributed by atoms with van der Waals surface area (Å²) in [7, 11) is 0. The van der Waals surface area contributed by atoms with Gasteiger partial charge in [-0.05, 0) is 5.56 Å². The van der Waals surface area contributed by atoms with Gasteiger partial charge in [-0.2, -0.15) is 0 Å². The Morgan fingerprint density at radius 3 is 2.64 bits per heavy atom. The summed E-state index contributed by atoms with van der Waals surface area (Å²) in [6.45, 7) is 0. The summed E-state index contributed by atoms with van der Waals surface area (Å²) in [5.74, 6) is 0. The van der Waals surface area contributed by atoms with Crippen molar-refractivity contribution in [1.82, 2.24) is 9.97 Å². The summed E-state index contributed by atoms with van der Waals surface area (Å²) in [5, 5.41) is 0. The van der Waals surface area contributed by atoms with Crippen molar-refractivity contribution in [2.24, 2.45) is 0 Å². The summed E-state index contributed by atoms with van der Waals surface area (Å²) in [5.41, 5.74) is 2.15. The molecule has 0 aliphatic heterocycles. The van der Waals surface area contributed by atoms with E-state index in [4.69, 9.17) is 0 Å². The smallest absolute Gasteiger partial charge is 0.174 e. The van der Waals surface area contributed by atoms with E-state index in [0.29, 0.717) is 0 Å². The van der Waals surface area contributed by atoms with E-state index < -0.39 is 0 Å². The number of nitrogens with zero attached hydrogens (tertiary/aromatic N) is 1. The molecule has 53 valence electrons. The molecule has 11 heavy (non-hydrogen) atoms. The van der Waals surface area contributed by atoms with Crippen LogP contribution in [-0.2, 0) is 0 Å². The van der Waals surface area contributed by atoms with E-state index in [9.17, 15) is 0 Å². The number of H-pyrrole nitrogens is 1. The van der Waals surface area contributed by atoms with Gasteiger partial charge in [-0.15, -0.1) is 0 Å². The monoisotopic (exact) mass is 143 g/mol. The summed E-state index contributed by atoms with van der Waals surface area (Å²) in [6, 6.07) is 10.0. The van der Waals surface area contributed by atoms with Crippen molar-refractivity contribution in [2.45, 2.75) is 0 Å². The Kier molecular flexibility index (Phi) is 1.44. The van der Waals surface area contributed by atoms with Gasteiger partial charge in [0.2, 0.25) is 0 Å². The van der Waals surface area contributed by atoms with Gasteiger partial charge in [0.25, 0.3) is 0 Å². The summed E-state index contributed by atoms with van der Waals surface area (Å²) in [4.78, 5) is 6.74. The first-order valence-corrected chi connectivity index (χ1v) is 3.43. The lowest BCUT2D eigenvalue weighted by Crippen LogP contribution is -1.73. The highest BCUT2D eigenvalue weighted by molar-refractivity contribution is 5.57. The molecule has 0 aliphatic rings. The van der Waals surface area contributed by atoms with Gasteiger partial charge >= 0.3 is 0 Å².